The van der Waals surface area contributed by atoms with Crippen LogP contribution in [-0.2, 0) is 102 Å². The number of benzene rings is 2. The number of nitrogens with zero attached hydrogens (tertiary/aromatic N) is 6. The van der Waals surface area contributed by atoms with Crippen molar-refractivity contribution in [2.45, 2.75) is 243 Å². The van der Waals surface area contributed by atoms with Gasteiger partial charge in [-0.1, -0.05) is 92.5 Å². The fourth-order valence-electron chi connectivity index (χ4n) is 14.0. The van der Waals surface area contributed by atoms with Gasteiger partial charge in [0.1, 0.15) is 84.0 Å². The van der Waals surface area contributed by atoms with Crippen LogP contribution in [0.4, 0.5) is 0 Å². The van der Waals surface area contributed by atoms with E-state index < -0.39 is 216 Å². The molecule has 0 unspecified atom stereocenters. The second kappa shape index (κ2) is 51.8. The summed E-state index contributed by atoms with van der Waals surface area (Å²) >= 11 is 0. The van der Waals surface area contributed by atoms with Crippen LogP contribution < -0.4 is 87.6 Å². The number of amides is 12. The van der Waals surface area contributed by atoms with Gasteiger partial charge in [0, 0.05) is 75.6 Å². The smallest absolute Gasteiger partial charge is 0.326 e. The maximum atomic E-state index is 14.3. The summed E-state index contributed by atoms with van der Waals surface area (Å²) in [5, 5.41) is 84.1. The molecule has 46 nitrogen and oxygen atoms in total. The second-order valence-electron chi connectivity index (χ2n) is 32.2. The van der Waals surface area contributed by atoms with E-state index in [1.165, 1.54) is 83.4 Å². The Bertz CT molecular complexity index is 4190. The molecule has 6 rings (SSSR count). The highest BCUT2D eigenvalue weighted by Gasteiger charge is 2.44. The van der Waals surface area contributed by atoms with E-state index in [4.69, 9.17) is 44.6 Å². The lowest BCUT2D eigenvalue weighted by Crippen LogP contribution is -2.62. The van der Waals surface area contributed by atoms with E-state index in [2.05, 4.69) is 83.1 Å². The van der Waals surface area contributed by atoms with Crippen molar-refractivity contribution in [2.75, 3.05) is 26.2 Å². The molecule has 2 aliphatic rings. The number of carbonyl (C=O) groups excluding carboxylic acids is 12. The first-order valence-corrected chi connectivity index (χ1v) is 42.1. The standard InChI is InChI=1S/2C41H62N12O11/c2*1-5-22(4)33(38(61)50-29(17-24-19-45-20-47-24)39(62)53-15-7-9-30(53)40(63)64)52-36(59)28(16-23-10-12-25(54)13-11-23)49-37(60)32(21(2)3)51-35(58)27(8-6-14-46-41(43)44)48-34(57)26(42)18-31(55)56/h2*10-13,19-22,26-30,32-33,54H,5-9,14-18,42H2,1-4H3,(H,45,47)(H,48,57)(H,49,60)(H,50,61)(H,51,58)(H,52,59)(H,55,56)(H,63,64)(H4,43,44,46)/t2*22-,26-,27-,28-,29-,30-,32-,33-/m00/s1. The number of nitrogens with two attached hydrogens (primary N) is 6. The molecule has 128 heavy (non-hydrogen) atoms. The van der Waals surface area contributed by atoms with Crippen molar-refractivity contribution in [3.63, 3.8) is 0 Å². The molecule has 30 N–H and O–H groups in total. The van der Waals surface area contributed by atoms with Crippen LogP contribution in [0.15, 0.2) is 83.6 Å². The Morgan fingerprint density at radius 1 is 0.422 bits per heavy atom. The number of phenols is 2. The number of guanidine groups is 2. The van der Waals surface area contributed by atoms with Crippen molar-refractivity contribution < 1.29 is 107 Å². The number of rotatable bonds is 50. The zero-order valence-corrected chi connectivity index (χ0v) is 72.8. The second-order valence-corrected chi connectivity index (χ2v) is 32.2. The maximum absolute atomic E-state index is 14.3. The molecule has 2 aromatic heterocycles. The van der Waals surface area contributed by atoms with Crippen LogP contribution in [0.1, 0.15) is 155 Å². The van der Waals surface area contributed by atoms with E-state index in [-0.39, 0.29) is 114 Å². The molecular weight excluding hydrogens is 1670 g/mol. The molecule has 4 heterocycles. The topological polar surface area (TPSA) is 759 Å². The largest absolute Gasteiger partial charge is 0.508 e. The molecule has 2 fully saturated rings. The molecule has 0 spiro atoms. The number of phenolic OH excluding ortho intramolecular Hbond substituents is 2. The molecule has 12 amide bonds. The van der Waals surface area contributed by atoms with Gasteiger partial charge in [0.15, 0.2) is 11.9 Å². The predicted octanol–water partition coefficient (Wildman–Crippen LogP) is -4.08. The van der Waals surface area contributed by atoms with Gasteiger partial charge in [-0.15, -0.1) is 0 Å². The first-order valence-electron chi connectivity index (χ1n) is 42.1. The molecule has 4 aromatic rings. The first-order chi connectivity index (χ1) is 60.4. The molecule has 0 radical (unpaired) electrons. The SMILES string of the molecule is CC[C@H](C)[C@H](NC(=O)[C@H](Cc1ccc(O)cc1)NC(=O)[C@@H](NC(=O)[C@H](CCCN=C(N)N)NC(=O)[C@@H](N)CC(=O)O)C(C)C)C(=O)N[C@@H](Cc1cnc[nH]1)C(=O)N1CCC[C@H]1C(=O)O.CC[C@H](C)[C@H](NC(=O)[C@H](Cc1ccc(O)cc1)NC(=O)[C@@H](NC(=O)[C@H](CCCN=C(N)N)NC(=O)[C@@H](N)CC(=O)O)C(C)C)C(=O)N[C@@H](Cc1cnc[nH]1)C(=O)N1CCC[C@H]1C(=O)O. The Balaban J connectivity index is 0.000000454. The number of hydrogen-bond donors (Lipinski definition) is 24. The number of carboxylic acid groups (broad SMARTS) is 4. The van der Waals surface area contributed by atoms with Gasteiger partial charge in [-0.05, 0) is 110 Å². The number of H-pyrrole nitrogens is 2. The van der Waals surface area contributed by atoms with E-state index in [1.54, 1.807) is 55.4 Å². The number of aromatic amines is 2. The Labute approximate surface area is 738 Å². The van der Waals surface area contributed by atoms with Gasteiger partial charge in [-0.2, -0.15) is 0 Å². The van der Waals surface area contributed by atoms with Crippen LogP contribution in [0.5, 0.6) is 11.5 Å². The Morgan fingerprint density at radius 2 is 0.727 bits per heavy atom. The third kappa shape index (κ3) is 34.1. The predicted molar refractivity (Wildman–Crippen MR) is 461 cm³/mol. The monoisotopic (exact) mass is 1800 g/mol. The van der Waals surface area contributed by atoms with E-state index in [1.807, 2.05) is 0 Å². The highest BCUT2D eigenvalue weighted by molar-refractivity contribution is 6.00. The van der Waals surface area contributed by atoms with Crippen LogP contribution in [0.3, 0.4) is 0 Å². The number of carbonyl (C=O) groups is 16. The van der Waals surface area contributed by atoms with Crippen molar-refractivity contribution >= 4 is 107 Å². The number of aliphatic carboxylic acids is 4. The van der Waals surface area contributed by atoms with Crippen LogP contribution in [0.2, 0.25) is 0 Å². The average Bonchev–Trinajstić information content (AvgIpc) is 1.57. The van der Waals surface area contributed by atoms with E-state index in [0.29, 0.717) is 48.2 Å². The number of nitrogens with one attached hydrogen (secondary N) is 12. The molecule has 0 bridgehead atoms. The number of aliphatic imine (C=N–C) groups is 2. The van der Waals surface area contributed by atoms with Gasteiger partial charge in [0.25, 0.3) is 0 Å². The first kappa shape index (κ1) is 105. The Kier molecular flexibility index (Phi) is 42.5. The van der Waals surface area contributed by atoms with Crippen LogP contribution in [0, 0.1) is 23.7 Å². The highest BCUT2D eigenvalue weighted by atomic mass is 16.4. The van der Waals surface area contributed by atoms with Crippen molar-refractivity contribution in [1.82, 2.24) is 82.9 Å². The van der Waals surface area contributed by atoms with Gasteiger partial charge < -0.3 is 138 Å². The highest BCUT2D eigenvalue weighted by Crippen LogP contribution is 2.24. The van der Waals surface area contributed by atoms with Crippen molar-refractivity contribution in [3.8, 4) is 11.5 Å². The quantitative estimate of drug-likeness (QED) is 0.0114. The number of likely N-dealkylation sites (tertiary alicyclic amines) is 2. The lowest BCUT2D eigenvalue weighted by atomic mass is 9.96. The molecule has 2 saturated heterocycles. The molecular formula is C82H124N24O22. The van der Waals surface area contributed by atoms with Gasteiger partial charge in [0.05, 0.1) is 37.6 Å². The number of imidazole rings is 2. The maximum Gasteiger partial charge on any atom is 0.326 e. The minimum atomic E-state index is -1.49. The minimum absolute atomic E-state index is 0.0436. The van der Waals surface area contributed by atoms with E-state index in [0.717, 1.165) is 0 Å². The normalized spacial score (nSPS) is 16.8. The Hall–Kier alpha value is -13.6. The zero-order valence-electron chi connectivity index (χ0n) is 72.8. The molecule has 16 atom stereocenters. The fraction of sp³-hybridized carbons (Fsp3) is 0.561. The van der Waals surface area contributed by atoms with Crippen molar-refractivity contribution in [1.29, 1.82) is 0 Å². The molecule has 46 heteroatoms. The molecule has 2 aromatic carbocycles. The zero-order chi connectivity index (χ0) is 95.3. The summed E-state index contributed by atoms with van der Waals surface area (Å²) in [6.07, 6.45) is 6.29. The van der Waals surface area contributed by atoms with Crippen molar-refractivity contribution in [2.24, 2.45) is 68.1 Å². The third-order valence-corrected chi connectivity index (χ3v) is 21.5. The van der Waals surface area contributed by atoms with Crippen LogP contribution >= 0.6 is 0 Å². The van der Waals surface area contributed by atoms with Crippen molar-refractivity contribution in [3.05, 3.63) is 96.1 Å². The molecule has 0 saturated carbocycles. The average molecular weight is 1800 g/mol. The van der Waals surface area contributed by atoms with Gasteiger partial charge in [0.2, 0.25) is 70.9 Å². The molecule has 2 aliphatic heterocycles. The summed E-state index contributed by atoms with van der Waals surface area (Å²) in [5.74, 6) is -17.3. The van der Waals surface area contributed by atoms with Crippen LogP contribution in [0.25, 0.3) is 0 Å². The summed E-state index contributed by atoms with van der Waals surface area (Å²) in [7, 11) is 0. The van der Waals surface area contributed by atoms with Gasteiger partial charge >= 0.3 is 23.9 Å². The lowest BCUT2D eigenvalue weighted by Gasteiger charge is -2.31. The Morgan fingerprint density at radius 3 is 1.02 bits per heavy atom. The fourth-order valence-corrected chi connectivity index (χ4v) is 14.0. The summed E-state index contributed by atoms with van der Waals surface area (Å²) in [4.78, 5) is 236. The van der Waals surface area contributed by atoms with E-state index in [9.17, 15) is 97.1 Å². The number of aromatic hydroxyl groups is 2. The van der Waals surface area contributed by atoms with Gasteiger partial charge in [-0.25, -0.2) is 19.6 Å². The van der Waals surface area contributed by atoms with Gasteiger partial charge in [-0.3, -0.25) is 77.1 Å². The van der Waals surface area contributed by atoms with E-state index >= 15 is 0 Å². The molecule has 0 aliphatic carbocycles. The number of aromatic nitrogens is 4. The number of hydrogen-bond acceptors (Lipinski definition) is 24. The molecule has 704 valence electrons. The summed E-state index contributed by atoms with van der Waals surface area (Å²) in [6.45, 7) is 14.0. The van der Waals surface area contributed by atoms with Crippen LogP contribution in [-0.4, -0.2) is 278 Å². The summed E-state index contributed by atoms with van der Waals surface area (Å²) in [6, 6.07) is -6.53. The minimum Gasteiger partial charge on any atom is -0.508 e. The third-order valence-electron chi connectivity index (χ3n) is 21.5. The number of carboxylic acids is 4. The summed E-state index contributed by atoms with van der Waals surface area (Å²) in [5.41, 5.74) is 35.1. The lowest BCUT2D eigenvalue weighted by molar-refractivity contribution is -0.149. The summed E-state index contributed by atoms with van der Waals surface area (Å²) < 4.78 is 0.